The fraction of sp³-hybridized carbons (Fsp3) is 0.556. The summed E-state index contributed by atoms with van der Waals surface area (Å²) in [6, 6.07) is 0. The highest BCUT2D eigenvalue weighted by molar-refractivity contribution is 6.07. The molecule has 1 heterocycles. The molecule has 0 aromatic heterocycles. The zero-order chi connectivity index (χ0) is 13.0. The molecule has 1 saturated heterocycles. The number of Topliss-reactive ketones (excluding diaryl/α,β-unsaturated/α-hetero) is 1. The summed E-state index contributed by atoms with van der Waals surface area (Å²) in [6.45, 7) is -0.209. The van der Waals surface area contributed by atoms with E-state index < -0.39 is 35.1 Å². The number of halogens is 5. The van der Waals surface area contributed by atoms with E-state index in [0.717, 1.165) is 0 Å². The smallest absolute Gasteiger partial charge is 0.307 e. The number of allylic oxidation sites excluding steroid dienone is 2. The van der Waals surface area contributed by atoms with Crippen LogP contribution in [0.4, 0.5) is 22.0 Å². The summed E-state index contributed by atoms with van der Waals surface area (Å²) in [6.07, 6.45) is 0.126. The van der Waals surface area contributed by atoms with Crippen LogP contribution in [0.25, 0.3) is 0 Å². The van der Waals surface area contributed by atoms with Crippen LogP contribution in [0.3, 0.4) is 0 Å². The number of hydrogen-bond donors (Lipinski definition) is 0. The quantitative estimate of drug-likeness (QED) is 0.668. The van der Waals surface area contributed by atoms with Gasteiger partial charge in [0.05, 0.1) is 0 Å². The third kappa shape index (κ3) is 1.32. The molecule has 94 valence electrons. The van der Waals surface area contributed by atoms with Crippen LogP contribution in [0, 0.1) is 0 Å². The lowest BCUT2D eigenvalue weighted by Crippen LogP contribution is -2.43. The fourth-order valence-electron chi connectivity index (χ4n) is 1.80. The predicted octanol–water partition coefficient (Wildman–Crippen LogP) is 1.64. The van der Waals surface area contributed by atoms with Crippen molar-refractivity contribution in [1.82, 2.24) is 4.90 Å². The Kier molecular flexibility index (Phi) is 2.31. The van der Waals surface area contributed by atoms with E-state index >= 15 is 0 Å². The van der Waals surface area contributed by atoms with Crippen molar-refractivity contribution in [3.05, 3.63) is 11.5 Å². The van der Waals surface area contributed by atoms with Gasteiger partial charge in [-0.05, 0) is 6.42 Å². The summed E-state index contributed by atoms with van der Waals surface area (Å²) in [4.78, 5) is 22.6. The molecular formula is C9H6F5NO2. The Morgan fingerprint density at radius 1 is 1.06 bits per heavy atom. The van der Waals surface area contributed by atoms with Crippen LogP contribution >= 0.6 is 0 Å². The first-order chi connectivity index (χ1) is 7.71. The van der Waals surface area contributed by atoms with Gasteiger partial charge in [0.25, 0.3) is 5.78 Å². The Morgan fingerprint density at radius 2 is 1.65 bits per heavy atom. The molecule has 8 heteroatoms. The number of nitrogens with zero attached hydrogens (tertiary/aromatic N) is 1. The van der Waals surface area contributed by atoms with Gasteiger partial charge < -0.3 is 4.90 Å². The molecule has 2 aliphatic rings. The lowest BCUT2D eigenvalue weighted by molar-refractivity contribution is -0.187. The highest BCUT2D eigenvalue weighted by atomic mass is 19.3. The molecule has 1 aliphatic heterocycles. The maximum Gasteiger partial charge on any atom is 0.380 e. The van der Waals surface area contributed by atoms with Crippen molar-refractivity contribution in [1.29, 1.82) is 0 Å². The topological polar surface area (TPSA) is 37.4 Å². The monoisotopic (exact) mass is 255 g/mol. The van der Waals surface area contributed by atoms with Crippen molar-refractivity contribution in [2.45, 2.75) is 24.7 Å². The predicted molar refractivity (Wildman–Crippen MR) is 44.0 cm³/mol. The van der Waals surface area contributed by atoms with E-state index in [2.05, 4.69) is 0 Å². The maximum absolute atomic E-state index is 13.2. The molecule has 2 rings (SSSR count). The number of amides is 1. The van der Waals surface area contributed by atoms with E-state index in [-0.39, 0.29) is 19.4 Å². The highest BCUT2D eigenvalue weighted by Gasteiger charge is 2.72. The summed E-state index contributed by atoms with van der Waals surface area (Å²) in [5, 5.41) is 0. The van der Waals surface area contributed by atoms with Gasteiger partial charge in [0.2, 0.25) is 11.7 Å². The molecule has 0 atom stereocenters. The first-order valence-electron chi connectivity index (χ1n) is 4.72. The van der Waals surface area contributed by atoms with Gasteiger partial charge in [-0.25, -0.2) is 4.39 Å². The molecule has 1 aliphatic carbocycles. The molecule has 1 amide bonds. The number of carbonyl (C=O) groups is 2. The number of ketones is 1. The van der Waals surface area contributed by atoms with Crippen molar-refractivity contribution in [3.8, 4) is 0 Å². The van der Waals surface area contributed by atoms with Gasteiger partial charge in [0.15, 0.2) is 0 Å². The van der Waals surface area contributed by atoms with E-state index in [9.17, 15) is 31.5 Å². The third-order valence-electron chi connectivity index (χ3n) is 2.72. The second-order valence-corrected chi connectivity index (χ2v) is 3.79. The zero-order valence-corrected chi connectivity index (χ0v) is 8.27. The molecular weight excluding hydrogens is 249 g/mol. The Bertz CT molecular complexity index is 443. The zero-order valence-electron chi connectivity index (χ0n) is 8.27. The van der Waals surface area contributed by atoms with Crippen LogP contribution in [-0.2, 0) is 9.59 Å². The van der Waals surface area contributed by atoms with Gasteiger partial charge in [0.1, 0.15) is 5.70 Å². The number of carbonyl (C=O) groups excluding carboxylic acids is 2. The lowest BCUT2D eigenvalue weighted by Gasteiger charge is -2.16. The minimum absolute atomic E-state index is 0.0821. The van der Waals surface area contributed by atoms with Crippen molar-refractivity contribution in [3.63, 3.8) is 0 Å². The summed E-state index contributed by atoms with van der Waals surface area (Å²) in [7, 11) is 0. The summed E-state index contributed by atoms with van der Waals surface area (Å²) in [5.74, 6) is -16.0. The normalized spacial score (nSPS) is 27.2. The molecule has 0 aromatic carbocycles. The summed E-state index contributed by atoms with van der Waals surface area (Å²) < 4.78 is 64.6. The maximum atomic E-state index is 13.2. The lowest BCUT2D eigenvalue weighted by atomic mass is 10.2. The second kappa shape index (κ2) is 3.27. The molecule has 0 unspecified atom stereocenters. The summed E-state index contributed by atoms with van der Waals surface area (Å²) in [5.41, 5.74) is -1.50. The van der Waals surface area contributed by atoms with Gasteiger partial charge in [-0.1, -0.05) is 0 Å². The second-order valence-electron chi connectivity index (χ2n) is 3.79. The van der Waals surface area contributed by atoms with Crippen LogP contribution in [0.5, 0.6) is 0 Å². The minimum atomic E-state index is -5.18. The van der Waals surface area contributed by atoms with E-state index in [1.807, 2.05) is 0 Å². The van der Waals surface area contributed by atoms with Crippen LogP contribution in [0.1, 0.15) is 12.8 Å². The molecule has 0 radical (unpaired) electrons. The van der Waals surface area contributed by atoms with Crippen molar-refractivity contribution >= 4 is 11.7 Å². The Hall–Kier alpha value is -1.47. The Morgan fingerprint density at radius 3 is 2.00 bits per heavy atom. The van der Waals surface area contributed by atoms with E-state index in [0.29, 0.717) is 4.90 Å². The Labute approximate surface area is 91.9 Å². The van der Waals surface area contributed by atoms with Gasteiger partial charge in [0, 0.05) is 13.0 Å². The highest BCUT2D eigenvalue weighted by Crippen LogP contribution is 2.50. The largest absolute Gasteiger partial charge is 0.380 e. The van der Waals surface area contributed by atoms with Crippen LogP contribution < -0.4 is 0 Å². The first-order valence-corrected chi connectivity index (χ1v) is 4.72. The van der Waals surface area contributed by atoms with Gasteiger partial charge in [-0.15, -0.1) is 0 Å². The SMILES string of the molecule is O=C1CCCN1C1=C(F)C(F)(F)C(F)(F)C1=O. The van der Waals surface area contributed by atoms with Crippen LogP contribution in [0.15, 0.2) is 11.5 Å². The van der Waals surface area contributed by atoms with E-state index in [1.54, 1.807) is 0 Å². The molecule has 0 aromatic rings. The van der Waals surface area contributed by atoms with Gasteiger partial charge >= 0.3 is 11.8 Å². The average Bonchev–Trinajstić information content (AvgIpc) is 2.68. The minimum Gasteiger partial charge on any atom is -0.307 e. The molecule has 0 bridgehead atoms. The van der Waals surface area contributed by atoms with E-state index in [1.165, 1.54) is 0 Å². The number of alkyl halides is 4. The van der Waals surface area contributed by atoms with Crippen molar-refractivity contribution in [2.24, 2.45) is 0 Å². The van der Waals surface area contributed by atoms with Gasteiger partial charge in [-0.2, -0.15) is 17.6 Å². The molecule has 1 fully saturated rings. The molecule has 17 heavy (non-hydrogen) atoms. The number of rotatable bonds is 1. The standard InChI is InChI=1S/C9H6F5NO2/c10-6-5(15-3-1-2-4(15)16)7(17)9(13,14)8(6,11)12/h1-3H2. The number of hydrogen-bond acceptors (Lipinski definition) is 2. The van der Waals surface area contributed by atoms with E-state index in [4.69, 9.17) is 0 Å². The molecule has 0 spiro atoms. The fourth-order valence-corrected chi connectivity index (χ4v) is 1.80. The van der Waals surface area contributed by atoms with Crippen LogP contribution in [0.2, 0.25) is 0 Å². The third-order valence-corrected chi connectivity index (χ3v) is 2.72. The van der Waals surface area contributed by atoms with Gasteiger partial charge in [-0.3, -0.25) is 9.59 Å². The van der Waals surface area contributed by atoms with Crippen molar-refractivity contribution < 1.29 is 31.5 Å². The molecule has 3 nitrogen and oxygen atoms in total. The molecule has 0 N–H and O–H groups in total. The molecule has 0 saturated carbocycles. The average molecular weight is 255 g/mol. The van der Waals surface area contributed by atoms with Crippen LogP contribution in [-0.4, -0.2) is 35.0 Å². The first kappa shape index (κ1) is 12.0. The van der Waals surface area contributed by atoms with Crippen molar-refractivity contribution in [2.75, 3.05) is 6.54 Å². The Balaban J connectivity index is 2.51. The number of likely N-dealkylation sites (tertiary alicyclic amines) is 1. The summed E-state index contributed by atoms with van der Waals surface area (Å²) >= 11 is 0.